The lowest BCUT2D eigenvalue weighted by molar-refractivity contribution is -0.0683. The van der Waals surface area contributed by atoms with E-state index in [0.717, 1.165) is 6.54 Å². The standard InChI is InChI=1S/C18H28N2O/c1-14-19-16-7-3-4-8-17(16)20(14)13-15-9-12-18(21-15)10-5-2-6-11-18/h15H,2-13H2,1H3. The van der Waals surface area contributed by atoms with Gasteiger partial charge in [-0.15, -0.1) is 0 Å². The van der Waals surface area contributed by atoms with Crippen molar-refractivity contribution in [1.29, 1.82) is 0 Å². The fourth-order valence-corrected chi connectivity index (χ4v) is 4.77. The van der Waals surface area contributed by atoms with Crippen LogP contribution in [0.4, 0.5) is 0 Å². The summed E-state index contributed by atoms with van der Waals surface area (Å²) in [7, 11) is 0. The van der Waals surface area contributed by atoms with Gasteiger partial charge in [-0.1, -0.05) is 19.3 Å². The molecule has 2 fully saturated rings. The second-order valence-corrected chi connectivity index (χ2v) is 7.39. The molecule has 1 saturated carbocycles. The largest absolute Gasteiger partial charge is 0.370 e. The van der Waals surface area contributed by atoms with Gasteiger partial charge in [0.2, 0.25) is 0 Å². The van der Waals surface area contributed by atoms with Crippen molar-refractivity contribution in [1.82, 2.24) is 9.55 Å². The van der Waals surface area contributed by atoms with Crippen molar-refractivity contribution in [3.63, 3.8) is 0 Å². The van der Waals surface area contributed by atoms with Gasteiger partial charge in [-0.05, 0) is 58.3 Å². The first-order chi connectivity index (χ1) is 10.3. The minimum absolute atomic E-state index is 0.247. The number of hydrogen-bond donors (Lipinski definition) is 0. The lowest BCUT2D eigenvalue weighted by Gasteiger charge is -2.33. The molecule has 1 spiro atoms. The zero-order valence-electron chi connectivity index (χ0n) is 13.4. The Bertz CT molecular complexity index is 514. The molecule has 1 saturated heterocycles. The van der Waals surface area contributed by atoms with E-state index in [4.69, 9.17) is 9.72 Å². The molecule has 116 valence electrons. The first-order valence-electron chi connectivity index (χ1n) is 8.98. The van der Waals surface area contributed by atoms with Crippen molar-refractivity contribution in [3.8, 4) is 0 Å². The van der Waals surface area contributed by atoms with E-state index in [2.05, 4.69) is 11.5 Å². The number of fused-ring (bicyclic) bond motifs is 1. The molecule has 1 aromatic heterocycles. The number of aromatic nitrogens is 2. The summed E-state index contributed by atoms with van der Waals surface area (Å²) >= 11 is 0. The summed E-state index contributed by atoms with van der Waals surface area (Å²) < 4.78 is 9.03. The average Bonchev–Trinajstić information content (AvgIpc) is 3.03. The molecular weight excluding hydrogens is 260 g/mol. The van der Waals surface area contributed by atoms with Crippen molar-refractivity contribution in [2.75, 3.05) is 0 Å². The predicted molar refractivity (Wildman–Crippen MR) is 83.5 cm³/mol. The zero-order valence-corrected chi connectivity index (χ0v) is 13.4. The molecule has 1 aliphatic heterocycles. The van der Waals surface area contributed by atoms with Gasteiger partial charge in [-0.25, -0.2) is 4.98 Å². The molecule has 0 amide bonds. The van der Waals surface area contributed by atoms with Gasteiger partial charge in [0.1, 0.15) is 5.82 Å². The summed E-state index contributed by atoms with van der Waals surface area (Å²) in [6.45, 7) is 3.21. The van der Waals surface area contributed by atoms with Gasteiger partial charge in [0, 0.05) is 5.69 Å². The second-order valence-electron chi connectivity index (χ2n) is 7.39. The first kappa shape index (κ1) is 13.8. The second kappa shape index (κ2) is 5.42. The number of ether oxygens (including phenoxy) is 1. The molecule has 1 atom stereocenters. The van der Waals surface area contributed by atoms with Crippen LogP contribution in [0.1, 0.15) is 75.0 Å². The van der Waals surface area contributed by atoms with Gasteiger partial charge in [-0.2, -0.15) is 0 Å². The molecule has 3 nitrogen and oxygen atoms in total. The van der Waals surface area contributed by atoms with Crippen molar-refractivity contribution in [2.24, 2.45) is 0 Å². The van der Waals surface area contributed by atoms with Gasteiger partial charge >= 0.3 is 0 Å². The van der Waals surface area contributed by atoms with Crippen molar-refractivity contribution < 1.29 is 4.74 Å². The molecule has 21 heavy (non-hydrogen) atoms. The number of hydrogen-bond acceptors (Lipinski definition) is 2. The van der Waals surface area contributed by atoms with E-state index in [1.54, 1.807) is 0 Å². The quantitative estimate of drug-likeness (QED) is 0.824. The Morgan fingerprint density at radius 1 is 1.10 bits per heavy atom. The lowest BCUT2D eigenvalue weighted by atomic mass is 9.83. The summed E-state index contributed by atoms with van der Waals surface area (Å²) in [6.07, 6.45) is 14.7. The summed E-state index contributed by atoms with van der Waals surface area (Å²) in [5.41, 5.74) is 3.12. The third kappa shape index (κ3) is 2.54. The highest BCUT2D eigenvalue weighted by Gasteiger charge is 2.41. The maximum absolute atomic E-state index is 6.56. The van der Waals surface area contributed by atoms with Crippen molar-refractivity contribution in [3.05, 3.63) is 17.2 Å². The topological polar surface area (TPSA) is 27.1 Å². The highest BCUT2D eigenvalue weighted by atomic mass is 16.5. The molecule has 3 aliphatic rings. The Balaban J connectivity index is 1.48. The molecule has 0 bridgehead atoms. The minimum atomic E-state index is 0.247. The van der Waals surface area contributed by atoms with Gasteiger partial charge in [0.25, 0.3) is 0 Å². The highest BCUT2D eigenvalue weighted by Crippen LogP contribution is 2.42. The minimum Gasteiger partial charge on any atom is -0.370 e. The molecule has 1 aromatic rings. The summed E-state index contributed by atoms with van der Waals surface area (Å²) in [6, 6.07) is 0. The van der Waals surface area contributed by atoms with Crippen LogP contribution >= 0.6 is 0 Å². The summed E-state index contributed by atoms with van der Waals surface area (Å²) in [5, 5.41) is 0. The smallest absolute Gasteiger partial charge is 0.106 e. The van der Waals surface area contributed by atoms with Crippen LogP contribution in [0.2, 0.25) is 0 Å². The normalized spacial score (nSPS) is 28.0. The maximum atomic E-state index is 6.56. The molecule has 0 radical (unpaired) electrons. The van der Waals surface area contributed by atoms with Crippen LogP contribution in [-0.2, 0) is 24.1 Å². The fourth-order valence-electron chi connectivity index (χ4n) is 4.77. The van der Waals surface area contributed by atoms with Crippen LogP contribution in [0.5, 0.6) is 0 Å². The molecule has 3 heteroatoms. The lowest BCUT2D eigenvalue weighted by Crippen LogP contribution is -2.32. The van der Waals surface area contributed by atoms with Gasteiger partial charge < -0.3 is 9.30 Å². The number of aryl methyl sites for hydroxylation is 2. The van der Waals surface area contributed by atoms with Crippen LogP contribution < -0.4 is 0 Å². The van der Waals surface area contributed by atoms with Crippen LogP contribution in [0.15, 0.2) is 0 Å². The van der Waals surface area contributed by atoms with E-state index < -0.39 is 0 Å². The zero-order chi connectivity index (χ0) is 14.3. The molecule has 0 N–H and O–H groups in total. The molecule has 1 unspecified atom stereocenters. The number of imidazole rings is 1. The van der Waals surface area contributed by atoms with Crippen LogP contribution in [-0.4, -0.2) is 21.3 Å². The van der Waals surface area contributed by atoms with E-state index >= 15 is 0 Å². The third-order valence-corrected chi connectivity index (χ3v) is 5.91. The molecule has 2 aliphatic carbocycles. The Morgan fingerprint density at radius 3 is 2.76 bits per heavy atom. The molecule has 4 rings (SSSR count). The van der Waals surface area contributed by atoms with E-state index in [1.165, 1.54) is 87.8 Å². The third-order valence-electron chi connectivity index (χ3n) is 5.91. The van der Waals surface area contributed by atoms with Crippen LogP contribution in [0.25, 0.3) is 0 Å². The Labute approximate surface area is 128 Å². The Kier molecular flexibility index (Phi) is 3.56. The number of nitrogens with zero attached hydrogens (tertiary/aromatic N) is 2. The summed E-state index contributed by atoms with van der Waals surface area (Å²) in [5.74, 6) is 1.20. The summed E-state index contributed by atoms with van der Waals surface area (Å²) in [4.78, 5) is 4.80. The van der Waals surface area contributed by atoms with Crippen LogP contribution in [0.3, 0.4) is 0 Å². The average molecular weight is 288 g/mol. The SMILES string of the molecule is Cc1nc2c(n1CC1CCC3(CCCCC3)O1)CCCC2. The van der Waals surface area contributed by atoms with E-state index in [-0.39, 0.29) is 5.60 Å². The first-order valence-corrected chi connectivity index (χ1v) is 8.98. The Morgan fingerprint density at radius 2 is 1.90 bits per heavy atom. The Hall–Kier alpha value is -0.830. The fraction of sp³-hybridized carbons (Fsp3) is 0.833. The van der Waals surface area contributed by atoms with Gasteiger partial charge in [-0.3, -0.25) is 0 Å². The molecule has 2 heterocycles. The highest BCUT2D eigenvalue weighted by molar-refractivity contribution is 5.20. The van der Waals surface area contributed by atoms with Crippen LogP contribution in [0, 0.1) is 6.92 Å². The molecular formula is C18H28N2O. The van der Waals surface area contributed by atoms with E-state index in [9.17, 15) is 0 Å². The number of rotatable bonds is 2. The molecule has 0 aromatic carbocycles. The monoisotopic (exact) mass is 288 g/mol. The van der Waals surface area contributed by atoms with Crippen molar-refractivity contribution >= 4 is 0 Å². The predicted octanol–water partition coefficient (Wildman–Crippen LogP) is 3.95. The van der Waals surface area contributed by atoms with Gasteiger partial charge in [0.15, 0.2) is 0 Å². The van der Waals surface area contributed by atoms with Crippen molar-refractivity contribution in [2.45, 2.75) is 95.8 Å². The maximum Gasteiger partial charge on any atom is 0.106 e. The van der Waals surface area contributed by atoms with Gasteiger partial charge in [0.05, 0.1) is 23.9 Å². The van der Waals surface area contributed by atoms with E-state index in [0.29, 0.717) is 6.10 Å². The van der Waals surface area contributed by atoms with E-state index in [1.807, 2.05) is 0 Å².